The van der Waals surface area contributed by atoms with Crippen LogP contribution in [0.4, 0.5) is 5.69 Å². The SMILES string of the molecule is CCS(=O)(=O)c1ccc(O)c(NC(=O)C2CCN(S(=O)(=O)c3ccc4c(c3)CCC4)CC2)c1. The molecule has 1 heterocycles. The van der Waals surface area contributed by atoms with E-state index in [0.717, 1.165) is 24.8 Å². The first-order valence-electron chi connectivity index (χ1n) is 11.1. The predicted octanol–water partition coefficient (Wildman–Crippen LogP) is 2.71. The van der Waals surface area contributed by atoms with Gasteiger partial charge in [-0.1, -0.05) is 13.0 Å². The van der Waals surface area contributed by atoms with Crippen molar-refractivity contribution in [3.63, 3.8) is 0 Å². The lowest BCUT2D eigenvalue weighted by Crippen LogP contribution is -2.41. The van der Waals surface area contributed by atoms with Crippen molar-refractivity contribution in [2.24, 2.45) is 5.92 Å². The zero-order chi connectivity index (χ0) is 23.8. The van der Waals surface area contributed by atoms with Crippen molar-refractivity contribution in [1.29, 1.82) is 0 Å². The Morgan fingerprint density at radius 3 is 2.36 bits per heavy atom. The number of rotatable bonds is 6. The summed E-state index contributed by atoms with van der Waals surface area (Å²) in [6.45, 7) is 1.95. The molecule has 0 unspecified atom stereocenters. The lowest BCUT2D eigenvalue weighted by Gasteiger charge is -2.30. The number of aryl methyl sites for hydroxylation is 2. The van der Waals surface area contributed by atoms with Crippen molar-refractivity contribution < 1.29 is 26.7 Å². The molecular weight excluding hydrogens is 464 g/mol. The third kappa shape index (κ3) is 4.78. The molecule has 8 nitrogen and oxygen atoms in total. The van der Waals surface area contributed by atoms with Gasteiger partial charge in [-0.25, -0.2) is 16.8 Å². The molecule has 178 valence electrons. The van der Waals surface area contributed by atoms with Gasteiger partial charge in [0.2, 0.25) is 15.9 Å². The van der Waals surface area contributed by atoms with Gasteiger partial charge in [0.1, 0.15) is 5.75 Å². The number of phenolic OH excluding ortho intramolecular Hbond substituents is 1. The van der Waals surface area contributed by atoms with Crippen molar-refractivity contribution in [2.75, 3.05) is 24.2 Å². The number of anilines is 1. The van der Waals surface area contributed by atoms with Crippen LogP contribution in [0.1, 0.15) is 37.3 Å². The fraction of sp³-hybridized carbons (Fsp3) is 0.435. The van der Waals surface area contributed by atoms with Gasteiger partial charge >= 0.3 is 0 Å². The Labute approximate surface area is 194 Å². The maximum Gasteiger partial charge on any atom is 0.243 e. The first-order valence-corrected chi connectivity index (χ1v) is 14.2. The number of hydrogen-bond acceptors (Lipinski definition) is 6. The third-order valence-corrected chi connectivity index (χ3v) is 10.1. The summed E-state index contributed by atoms with van der Waals surface area (Å²) >= 11 is 0. The zero-order valence-electron chi connectivity index (χ0n) is 18.5. The van der Waals surface area contributed by atoms with Crippen molar-refractivity contribution >= 4 is 31.5 Å². The summed E-state index contributed by atoms with van der Waals surface area (Å²) in [6, 6.07) is 9.12. The van der Waals surface area contributed by atoms with E-state index in [1.54, 1.807) is 12.1 Å². The van der Waals surface area contributed by atoms with Gasteiger partial charge in [-0.05, 0) is 73.6 Å². The summed E-state index contributed by atoms with van der Waals surface area (Å²) in [4.78, 5) is 13.1. The Morgan fingerprint density at radius 2 is 1.67 bits per heavy atom. The van der Waals surface area contributed by atoms with Crippen LogP contribution in [-0.2, 0) is 37.5 Å². The number of amides is 1. The second-order valence-electron chi connectivity index (χ2n) is 8.53. The van der Waals surface area contributed by atoms with Gasteiger partial charge in [0.25, 0.3) is 0 Å². The molecule has 0 saturated carbocycles. The van der Waals surface area contributed by atoms with Crippen LogP contribution in [0.3, 0.4) is 0 Å². The van der Waals surface area contributed by atoms with E-state index in [9.17, 15) is 26.7 Å². The van der Waals surface area contributed by atoms with Crippen LogP contribution < -0.4 is 5.32 Å². The maximum absolute atomic E-state index is 13.1. The van der Waals surface area contributed by atoms with Gasteiger partial charge < -0.3 is 10.4 Å². The molecule has 1 fully saturated rings. The fourth-order valence-corrected chi connectivity index (χ4v) is 6.85. The van der Waals surface area contributed by atoms with E-state index in [2.05, 4.69) is 5.32 Å². The molecule has 0 atom stereocenters. The van der Waals surface area contributed by atoms with Gasteiger partial charge in [0, 0.05) is 19.0 Å². The number of phenols is 1. The van der Waals surface area contributed by atoms with Crippen molar-refractivity contribution in [1.82, 2.24) is 4.31 Å². The van der Waals surface area contributed by atoms with Crippen LogP contribution in [0.25, 0.3) is 0 Å². The smallest absolute Gasteiger partial charge is 0.243 e. The number of piperidine rings is 1. The minimum atomic E-state index is -3.63. The van der Waals surface area contributed by atoms with Crippen LogP contribution in [0.15, 0.2) is 46.2 Å². The molecule has 0 spiro atoms. The van der Waals surface area contributed by atoms with Crippen molar-refractivity contribution in [3.8, 4) is 5.75 Å². The molecule has 1 amide bonds. The topological polar surface area (TPSA) is 121 Å². The molecule has 1 aliphatic heterocycles. The fourth-order valence-electron chi connectivity index (χ4n) is 4.43. The molecule has 0 radical (unpaired) electrons. The predicted molar refractivity (Wildman–Crippen MR) is 124 cm³/mol. The Kier molecular flexibility index (Phi) is 6.52. The molecule has 2 aromatic carbocycles. The molecule has 0 bridgehead atoms. The average Bonchev–Trinajstić information content (AvgIpc) is 3.28. The lowest BCUT2D eigenvalue weighted by molar-refractivity contribution is -0.120. The first kappa shape index (κ1) is 23.7. The summed E-state index contributed by atoms with van der Waals surface area (Å²) in [5.41, 5.74) is 2.34. The minimum Gasteiger partial charge on any atom is -0.506 e. The van der Waals surface area contributed by atoms with Gasteiger partial charge in [-0.2, -0.15) is 4.31 Å². The molecular formula is C23H28N2O6S2. The summed E-state index contributed by atoms with van der Waals surface area (Å²) in [5.74, 6) is -1.13. The van der Waals surface area contributed by atoms with E-state index in [4.69, 9.17) is 0 Å². The van der Waals surface area contributed by atoms with Gasteiger partial charge in [-0.15, -0.1) is 0 Å². The quantitative estimate of drug-likeness (QED) is 0.598. The molecule has 0 aromatic heterocycles. The molecule has 1 aliphatic carbocycles. The summed E-state index contributed by atoms with van der Waals surface area (Å²) in [7, 11) is -7.12. The Morgan fingerprint density at radius 1 is 1.00 bits per heavy atom. The van der Waals surface area contributed by atoms with Crippen LogP contribution in [-0.4, -0.2) is 51.0 Å². The summed E-state index contributed by atoms with van der Waals surface area (Å²) in [5, 5.41) is 12.7. The molecule has 4 rings (SSSR count). The molecule has 33 heavy (non-hydrogen) atoms. The van der Waals surface area contributed by atoms with Crippen LogP contribution in [0.5, 0.6) is 5.75 Å². The monoisotopic (exact) mass is 492 g/mol. The van der Waals surface area contributed by atoms with Crippen LogP contribution in [0.2, 0.25) is 0 Å². The molecule has 2 aliphatic rings. The standard InChI is InChI=1S/C23H28N2O6S2/c1-2-32(28,29)19-8-9-22(26)21(15-19)24-23(27)17-10-12-25(13-11-17)33(30,31)20-7-6-16-4-3-5-18(16)14-20/h6-9,14-15,17,26H,2-5,10-13H2,1H3,(H,24,27). The maximum atomic E-state index is 13.1. The average molecular weight is 493 g/mol. The number of nitrogens with zero attached hydrogens (tertiary/aromatic N) is 1. The Balaban J connectivity index is 1.42. The molecule has 2 N–H and O–H groups in total. The lowest BCUT2D eigenvalue weighted by atomic mass is 9.97. The number of carbonyl (C=O) groups is 1. The van der Waals surface area contributed by atoms with Crippen LogP contribution in [0, 0.1) is 5.92 Å². The molecule has 2 aromatic rings. The highest BCUT2D eigenvalue weighted by molar-refractivity contribution is 7.91. The van der Waals surface area contributed by atoms with Crippen molar-refractivity contribution in [3.05, 3.63) is 47.5 Å². The molecule has 10 heteroatoms. The number of carbonyl (C=O) groups excluding carboxylic acids is 1. The van der Waals surface area contributed by atoms with Gasteiger partial charge in [0.15, 0.2) is 9.84 Å². The Hall–Kier alpha value is -2.43. The van der Waals surface area contributed by atoms with E-state index in [0.29, 0.717) is 17.7 Å². The largest absolute Gasteiger partial charge is 0.506 e. The van der Waals surface area contributed by atoms with Gasteiger partial charge in [-0.3, -0.25) is 4.79 Å². The highest BCUT2D eigenvalue weighted by Crippen LogP contribution is 2.31. The number of aromatic hydroxyl groups is 1. The third-order valence-electron chi connectivity index (χ3n) is 6.50. The van der Waals surface area contributed by atoms with E-state index in [-0.39, 0.29) is 41.1 Å². The Bertz CT molecular complexity index is 1280. The summed E-state index contributed by atoms with van der Waals surface area (Å²) in [6.07, 6.45) is 3.60. The number of benzene rings is 2. The number of fused-ring (bicyclic) bond motifs is 1. The van der Waals surface area contributed by atoms with E-state index >= 15 is 0 Å². The van der Waals surface area contributed by atoms with E-state index < -0.39 is 25.8 Å². The van der Waals surface area contributed by atoms with E-state index in [1.807, 2.05) is 6.07 Å². The number of sulfone groups is 1. The number of hydrogen-bond donors (Lipinski definition) is 2. The first-order chi connectivity index (χ1) is 15.6. The minimum absolute atomic E-state index is 0.0216. The van der Waals surface area contributed by atoms with Crippen molar-refractivity contribution in [2.45, 2.75) is 48.8 Å². The number of sulfonamides is 1. The highest BCUT2D eigenvalue weighted by Gasteiger charge is 2.33. The van der Waals surface area contributed by atoms with E-state index in [1.165, 1.54) is 35.0 Å². The van der Waals surface area contributed by atoms with Gasteiger partial charge in [0.05, 0.1) is 21.2 Å². The summed E-state index contributed by atoms with van der Waals surface area (Å²) < 4.78 is 51.8. The number of nitrogens with one attached hydrogen (secondary N) is 1. The zero-order valence-corrected chi connectivity index (χ0v) is 20.1. The molecule has 1 saturated heterocycles. The second-order valence-corrected chi connectivity index (χ2v) is 12.8. The highest BCUT2D eigenvalue weighted by atomic mass is 32.2. The second kappa shape index (κ2) is 9.08. The normalized spacial score (nSPS) is 17.6. The van der Waals surface area contributed by atoms with Crippen LogP contribution >= 0.6 is 0 Å².